The Kier molecular flexibility index (Phi) is 5.26. The summed E-state index contributed by atoms with van der Waals surface area (Å²) in [6.45, 7) is 2.13. The molecule has 2 N–H and O–H groups in total. The summed E-state index contributed by atoms with van der Waals surface area (Å²) in [5, 5.41) is 4.58. The third-order valence-electron chi connectivity index (χ3n) is 5.78. The fourth-order valence-corrected chi connectivity index (χ4v) is 4.16. The second kappa shape index (κ2) is 7.97. The van der Waals surface area contributed by atoms with E-state index < -0.39 is 0 Å². The molecular formula is C23H27N3O. The van der Waals surface area contributed by atoms with E-state index in [1.54, 1.807) is 0 Å². The number of para-hydroxylation sites is 1. The molecule has 3 aromatic rings. The van der Waals surface area contributed by atoms with Crippen molar-refractivity contribution in [2.75, 3.05) is 20.1 Å². The number of H-pyrrole nitrogens is 1. The average Bonchev–Trinajstić information content (AvgIpc) is 3.36. The molecule has 2 heterocycles. The molecule has 1 saturated heterocycles. The van der Waals surface area contributed by atoms with Crippen molar-refractivity contribution in [2.24, 2.45) is 5.92 Å². The van der Waals surface area contributed by atoms with Crippen molar-refractivity contribution in [3.8, 4) is 0 Å². The van der Waals surface area contributed by atoms with E-state index in [0.29, 0.717) is 12.3 Å². The lowest BCUT2D eigenvalue weighted by molar-refractivity contribution is -0.131. The van der Waals surface area contributed by atoms with E-state index in [1.807, 2.05) is 42.4 Å². The molecule has 1 aromatic heterocycles. The third kappa shape index (κ3) is 3.91. The van der Waals surface area contributed by atoms with Crippen LogP contribution in [0.4, 0.5) is 0 Å². The molecule has 1 aliphatic rings. The molecule has 4 nitrogen and oxygen atoms in total. The van der Waals surface area contributed by atoms with Crippen LogP contribution >= 0.6 is 0 Å². The number of carbonyl (C=O) groups excluding carboxylic acids is 1. The molecule has 140 valence electrons. The fraction of sp³-hybridized carbons (Fsp3) is 0.348. The number of hydrogen-bond acceptors (Lipinski definition) is 2. The zero-order valence-electron chi connectivity index (χ0n) is 15.8. The van der Waals surface area contributed by atoms with E-state index in [9.17, 15) is 4.79 Å². The molecule has 1 aliphatic heterocycles. The minimum atomic E-state index is 0.119. The maximum Gasteiger partial charge on any atom is 0.227 e. The van der Waals surface area contributed by atoms with E-state index in [2.05, 4.69) is 40.6 Å². The quantitative estimate of drug-likeness (QED) is 0.699. The number of nitrogens with zero attached hydrogens (tertiary/aromatic N) is 1. The van der Waals surface area contributed by atoms with Crippen LogP contribution in [0.1, 0.15) is 30.0 Å². The van der Waals surface area contributed by atoms with Crippen LogP contribution in [0.15, 0.2) is 60.8 Å². The predicted molar refractivity (Wildman–Crippen MR) is 110 cm³/mol. The number of amides is 1. The maximum atomic E-state index is 13.1. The molecule has 0 bridgehead atoms. The maximum absolute atomic E-state index is 13.1. The van der Waals surface area contributed by atoms with Gasteiger partial charge in [-0.1, -0.05) is 48.5 Å². The smallest absolute Gasteiger partial charge is 0.227 e. The minimum absolute atomic E-state index is 0.119. The molecule has 0 spiro atoms. The van der Waals surface area contributed by atoms with Crippen molar-refractivity contribution in [2.45, 2.75) is 25.3 Å². The standard InChI is InChI=1S/C23H27N3O/c1-26(23(27)14-19-16-25-21-10-6-5-9-20(19)21)22(13-17-11-12-24-15-17)18-7-3-2-4-8-18/h2-10,16-17,22,24-25H,11-15H2,1H3/t17-,22-/m0/s1. The molecule has 2 atom stereocenters. The van der Waals surface area contributed by atoms with Gasteiger partial charge < -0.3 is 15.2 Å². The fourth-order valence-electron chi connectivity index (χ4n) is 4.16. The van der Waals surface area contributed by atoms with Crippen molar-refractivity contribution in [3.63, 3.8) is 0 Å². The Bertz CT molecular complexity index is 896. The molecule has 1 amide bonds. The summed E-state index contributed by atoms with van der Waals surface area (Å²) in [6, 6.07) is 18.7. The van der Waals surface area contributed by atoms with Crippen LogP contribution in [-0.4, -0.2) is 35.9 Å². The molecule has 0 saturated carbocycles. The largest absolute Gasteiger partial charge is 0.361 e. The number of fused-ring (bicyclic) bond motifs is 1. The molecular weight excluding hydrogens is 334 g/mol. The van der Waals surface area contributed by atoms with Gasteiger partial charge in [0.15, 0.2) is 0 Å². The number of benzene rings is 2. The number of nitrogens with one attached hydrogen (secondary N) is 2. The van der Waals surface area contributed by atoms with Gasteiger partial charge in [0.05, 0.1) is 12.5 Å². The van der Waals surface area contributed by atoms with Crippen LogP contribution in [0.25, 0.3) is 10.9 Å². The molecule has 0 aliphatic carbocycles. The van der Waals surface area contributed by atoms with Crippen LogP contribution in [0.3, 0.4) is 0 Å². The molecule has 27 heavy (non-hydrogen) atoms. The van der Waals surface area contributed by atoms with Crippen LogP contribution in [0, 0.1) is 5.92 Å². The Morgan fingerprint density at radius 1 is 1.15 bits per heavy atom. The van der Waals surface area contributed by atoms with Crippen molar-refractivity contribution in [3.05, 3.63) is 71.9 Å². The first-order valence-electron chi connectivity index (χ1n) is 9.78. The summed E-state index contributed by atoms with van der Waals surface area (Å²) in [5.74, 6) is 0.790. The van der Waals surface area contributed by atoms with Crippen LogP contribution in [-0.2, 0) is 11.2 Å². The summed E-state index contributed by atoms with van der Waals surface area (Å²) in [6.07, 6.45) is 4.59. The van der Waals surface area contributed by atoms with E-state index in [0.717, 1.165) is 36.0 Å². The van der Waals surface area contributed by atoms with Crippen molar-refractivity contribution in [1.29, 1.82) is 0 Å². The molecule has 1 fully saturated rings. The zero-order valence-corrected chi connectivity index (χ0v) is 15.8. The second-order valence-electron chi connectivity index (χ2n) is 7.56. The van der Waals surface area contributed by atoms with Crippen molar-refractivity contribution in [1.82, 2.24) is 15.2 Å². The second-order valence-corrected chi connectivity index (χ2v) is 7.56. The molecule has 4 heteroatoms. The first-order valence-corrected chi connectivity index (χ1v) is 9.78. The van der Waals surface area contributed by atoms with E-state index in [4.69, 9.17) is 0 Å². The lowest BCUT2D eigenvalue weighted by atomic mass is 9.92. The SMILES string of the molecule is CN(C(=O)Cc1c[nH]c2ccccc12)[C@@H](C[C@@H]1CCNC1)c1ccccc1. The summed E-state index contributed by atoms with van der Waals surface area (Å²) >= 11 is 0. The van der Waals surface area contributed by atoms with Gasteiger partial charge in [-0.05, 0) is 49.0 Å². The number of hydrogen-bond donors (Lipinski definition) is 2. The van der Waals surface area contributed by atoms with Gasteiger partial charge >= 0.3 is 0 Å². The van der Waals surface area contributed by atoms with Crippen LogP contribution in [0.2, 0.25) is 0 Å². The average molecular weight is 361 g/mol. The lowest BCUT2D eigenvalue weighted by Crippen LogP contribution is -2.34. The van der Waals surface area contributed by atoms with Gasteiger partial charge in [0, 0.05) is 24.1 Å². The molecule has 4 rings (SSSR count). The molecule has 0 radical (unpaired) electrons. The van der Waals surface area contributed by atoms with Gasteiger partial charge in [-0.3, -0.25) is 4.79 Å². The topological polar surface area (TPSA) is 48.1 Å². The summed E-state index contributed by atoms with van der Waals surface area (Å²) < 4.78 is 0. The monoisotopic (exact) mass is 361 g/mol. The number of likely N-dealkylation sites (N-methyl/N-ethyl adjacent to an activating group) is 1. The highest BCUT2D eigenvalue weighted by Crippen LogP contribution is 2.30. The van der Waals surface area contributed by atoms with Gasteiger partial charge in [-0.15, -0.1) is 0 Å². The number of aromatic amines is 1. The Morgan fingerprint density at radius 2 is 1.93 bits per heavy atom. The lowest BCUT2D eigenvalue weighted by Gasteiger charge is -2.31. The first kappa shape index (κ1) is 17.8. The molecule has 0 unspecified atom stereocenters. The normalized spacial score (nSPS) is 17.9. The Labute approximate surface area is 160 Å². The number of carbonyl (C=O) groups is 1. The highest BCUT2D eigenvalue weighted by atomic mass is 16.2. The van der Waals surface area contributed by atoms with Gasteiger partial charge in [-0.25, -0.2) is 0 Å². The van der Waals surface area contributed by atoms with E-state index in [1.165, 1.54) is 12.0 Å². The third-order valence-corrected chi connectivity index (χ3v) is 5.78. The Hall–Kier alpha value is -2.59. The van der Waals surface area contributed by atoms with Gasteiger partial charge in [-0.2, -0.15) is 0 Å². The summed E-state index contributed by atoms with van der Waals surface area (Å²) in [5.41, 5.74) is 3.37. The van der Waals surface area contributed by atoms with Crippen LogP contribution in [0.5, 0.6) is 0 Å². The van der Waals surface area contributed by atoms with Crippen molar-refractivity contribution >= 4 is 16.8 Å². The summed E-state index contributed by atoms with van der Waals surface area (Å²) in [7, 11) is 1.96. The molecule has 2 aromatic carbocycles. The van der Waals surface area contributed by atoms with E-state index >= 15 is 0 Å². The number of aromatic nitrogens is 1. The Morgan fingerprint density at radius 3 is 2.70 bits per heavy atom. The highest BCUT2D eigenvalue weighted by molar-refractivity contribution is 5.88. The van der Waals surface area contributed by atoms with Gasteiger partial charge in [0.1, 0.15) is 0 Å². The zero-order chi connectivity index (χ0) is 18.6. The first-order chi connectivity index (χ1) is 13.2. The van der Waals surface area contributed by atoms with Crippen molar-refractivity contribution < 1.29 is 4.79 Å². The minimum Gasteiger partial charge on any atom is -0.361 e. The predicted octanol–water partition coefficient (Wildman–Crippen LogP) is 3.91. The highest BCUT2D eigenvalue weighted by Gasteiger charge is 2.27. The summed E-state index contributed by atoms with van der Waals surface area (Å²) in [4.78, 5) is 18.4. The van der Waals surface area contributed by atoms with Crippen LogP contribution < -0.4 is 5.32 Å². The van der Waals surface area contributed by atoms with Gasteiger partial charge in [0.2, 0.25) is 5.91 Å². The van der Waals surface area contributed by atoms with Gasteiger partial charge in [0.25, 0.3) is 0 Å². The Balaban J connectivity index is 1.54. The van der Waals surface area contributed by atoms with E-state index in [-0.39, 0.29) is 11.9 Å². The number of rotatable bonds is 6.